The number of quaternary nitrogens is 1. The minimum absolute atomic E-state index is 0. The fraction of sp³-hybridized carbons (Fsp3) is 0.111. The standard InChI is InChI=1S/C9H11OPS2.H3N/c1-2-8-10-11(12,13)9-6-4-3-5-7-9;/h2-7H,1,8H2,(H,12,13);1H3. The van der Waals surface area contributed by atoms with Gasteiger partial charge in [-0.3, -0.25) is 0 Å². The van der Waals surface area contributed by atoms with Crippen LogP contribution in [0.3, 0.4) is 0 Å². The van der Waals surface area contributed by atoms with Crippen LogP contribution in [0.5, 0.6) is 0 Å². The van der Waals surface area contributed by atoms with E-state index in [4.69, 9.17) is 28.6 Å². The molecular formula is C9H14NOPS2. The Balaban J connectivity index is 0.00000169. The van der Waals surface area contributed by atoms with E-state index in [1.807, 2.05) is 30.3 Å². The van der Waals surface area contributed by atoms with E-state index in [1.165, 1.54) is 0 Å². The third-order valence-corrected chi connectivity index (χ3v) is 4.75. The Morgan fingerprint density at radius 3 is 2.50 bits per heavy atom. The molecule has 1 rings (SSSR count). The summed E-state index contributed by atoms with van der Waals surface area (Å²) in [5.74, 6) is 0. The number of hydrogen-bond acceptors (Lipinski definition) is 3. The second-order valence-corrected chi connectivity index (χ2v) is 7.97. The molecule has 0 aliphatic heterocycles. The molecule has 1 unspecified atom stereocenters. The molecule has 0 saturated heterocycles. The fourth-order valence-corrected chi connectivity index (χ4v) is 2.92. The summed E-state index contributed by atoms with van der Waals surface area (Å²) in [6.07, 6.45) is 1.66. The molecule has 0 amide bonds. The predicted molar refractivity (Wildman–Crippen MR) is 69.9 cm³/mol. The van der Waals surface area contributed by atoms with Crippen molar-refractivity contribution < 1.29 is 4.52 Å². The van der Waals surface area contributed by atoms with Crippen LogP contribution in [0.1, 0.15) is 0 Å². The Morgan fingerprint density at radius 2 is 2.00 bits per heavy atom. The van der Waals surface area contributed by atoms with E-state index in [9.17, 15) is 0 Å². The SMILES string of the molecule is C=CCOP(=S)([S-])c1ccccc1.[NH4+]. The highest BCUT2D eigenvalue weighted by Gasteiger charge is 2.02. The number of rotatable bonds is 4. The van der Waals surface area contributed by atoms with Crippen LogP contribution in [0.25, 0.3) is 0 Å². The zero-order chi connectivity index (χ0) is 9.73. The first-order valence-electron chi connectivity index (χ1n) is 3.79. The van der Waals surface area contributed by atoms with Gasteiger partial charge in [-0.15, -0.1) is 6.58 Å². The molecule has 4 N–H and O–H groups in total. The summed E-state index contributed by atoms with van der Waals surface area (Å²) in [4.78, 5) is 0. The molecule has 14 heavy (non-hydrogen) atoms. The van der Waals surface area contributed by atoms with Crippen molar-refractivity contribution in [3.05, 3.63) is 43.0 Å². The van der Waals surface area contributed by atoms with Gasteiger partial charge in [-0.1, -0.05) is 48.2 Å². The molecule has 0 heterocycles. The molecule has 78 valence electrons. The smallest absolute Gasteiger partial charge is 0.0676 e. The highest BCUT2D eigenvalue weighted by atomic mass is 32.9. The lowest BCUT2D eigenvalue weighted by atomic mass is 10.4. The van der Waals surface area contributed by atoms with Gasteiger partial charge < -0.3 is 22.9 Å². The number of benzene rings is 1. The molecule has 2 nitrogen and oxygen atoms in total. The number of hydrogen-bond donors (Lipinski definition) is 1. The monoisotopic (exact) mass is 247 g/mol. The molecule has 0 aliphatic rings. The maximum atomic E-state index is 5.39. The highest BCUT2D eigenvalue weighted by Crippen LogP contribution is 2.42. The third kappa shape index (κ3) is 3.95. The van der Waals surface area contributed by atoms with Crippen molar-refractivity contribution >= 4 is 34.8 Å². The summed E-state index contributed by atoms with van der Waals surface area (Å²) in [7, 11) is 0. The molecule has 0 bridgehead atoms. The van der Waals surface area contributed by atoms with Gasteiger partial charge in [0.25, 0.3) is 0 Å². The zero-order valence-corrected chi connectivity index (χ0v) is 10.6. The van der Waals surface area contributed by atoms with Crippen LogP contribution in [0.2, 0.25) is 0 Å². The zero-order valence-electron chi connectivity index (χ0n) is 8.05. The molecular weight excluding hydrogens is 233 g/mol. The van der Waals surface area contributed by atoms with Crippen LogP contribution in [0, 0.1) is 0 Å². The van der Waals surface area contributed by atoms with Crippen molar-refractivity contribution in [2.24, 2.45) is 0 Å². The minimum atomic E-state index is -2.22. The first kappa shape index (κ1) is 13.9. The summed E-state index contributed by atoms with van der Waals surface area (Å²) in [5, 5.41) is 0.932. The summed E-state index contributed by atoms with van der Waals surface area (Å²) < 4.78 is 5.39. The predicted octanol–water partition coefficient (Wildman–Crippen LogP) is 2.75. The van der Waals surface area contributed by atoms with Crippen LogP contribution in [0.15, 0.2) is 43.0 Å². The van der Waals surface area contributed by atoms with E-state index in [0.29, 0.717) is 6.61 Å². The first-order valence-corrected chi connectivity index (χ1v) is 7.52. The van der Waals surface area contributed by atoms with E-state index in [1.54, 1.807) is 6.08 Å². The van der Waals surface area contributed by atoms with Crippen molar-refractivity contribution in [2.45, 2.75) is 0 Å². The van der Waals surface area contributed by atoms with Crippen molar-refractivity contribution in [1.29, 1.82) is 0 Å². The van der Waals surface area contributed by atoms with Crippen LogP contribution in [-0.2, 0) is 28.6 Å². The average molecular weight is 247 g/mol. The van der Waals surface area contributed by atoms with Gasteiger partial charge in [-0.25, -0.2) is 0 Å². The summed E-state index contributed by atoms with van der Waals surface area (Å²) in [6.45, 7) is 3.98. The molecule has 1 aromatic rings. The molecule has 1 aromatic carbocycles. The Morgan fingerprint density at radius 1 is 1.43 bits per heavy atom. The summed E-state index contributed by atoms with van der Waals surface area (Å²) >= 11 is 10.5. The topological polar surface area (TPSA) is 45.7 Å². The molecule has 0 saturated carbocycles. The van der Waals surface area contributed by atoms with Crippen molar-refractivity contribution in [2.75, 3.05) is 6.61 Å². The highest BCUT2D eigenvalue weighted by molar-refractivity contribution is 8.56. The lowest BCUT2D eigenvalue weighted by Crippen LogP contribution is -2.04. The van der Waals surface area contributed by atoms with Gasteiger partial charge in [-0.2, -0.15) is 0 Å². The van der Waals surface area contributed by atoms with Gasteiger partial charge in [0, 0.05) is 0 Å². The van der Waals surface area contributed by atoms with Crippen LogP contribution in [0.4, 0.5) is 0 Å². The van der Waals surface area contributed by atoms with Crippen LogP contribution >= 0.6 is 5.47 Å². The van der Waals surface area contributed by atoms with Crippen molar-refractivity contribution in [3.8, 4) is 0 Å². The summed E-state index contributed by atoms with van der Waals surface area (Å²) in [6, 6.07) is 9.59. The molecule has 0 radical (unpaired) electrons. The van der Waals surface area contributed by atoms with Crippen molar-refractivity contribution in [3.63, 3.8) is 0 Å². The van der Waals surface area contributed by atoms with E-state index in [2.05, 4.69) is 6.58 Å². The van der Waals surface area contributed by atoms with Gasteiger partial charge in [0.2, 0.25) is 0 Å². The molecule has 5 heteroatoms. The average Bonchev–Trinajstić information content (AvgIpc) is 2.16. The quantitative estimate of drug-likeness (QED) is 0.505. The second kappa shape index (κ2) is 6.38. The Hall–Kier alpha value is -0.120. The molecule has 0 spiro atoms. The van der Waals surface area contributed by atoms with E-state index >= 15 is 0 Å². The van der Waals surface area contributed by atoms with Gasteiger partial charge in [0.15, 0.2) is 0 Å². The Bertz CT molecular complexity index is 329. The van der Waals surface area contributed by atoms with Gasteiger partial charge in [-0.05, 0) is 10.8 Å². The maximum absolute atomic E-state index is 5.39. The largest absolute Gasteiger partial charge is 0.715 e. The minimum Gasteiger partial charge on any atom is -0.715 e. The van der Waals surface area contributed by atoms with Gasteiger partial charge in [0.1, 0.15) is 0 Å². The van der Waals surface area contributed by atoms with Gasteiger partial charge in [0.05, 0.1) is 6.61 Å². The third-order valence-electron chi connectivity index (χ3n) is 1.43. The molecule has 0 aliphatic carbocycles. The molecule has 0 fully saturated rings. The Labute approximate surface area is 95.2 Å². The van der Waals surface area contributed by atoms with E-state index < -0.39 is 5.47 Å². The van der Waals surface area contributed by atoms with Crippen molar-refractivity contribution in [1.82, 2.24) is 6.15 Å². The van der Waals surface area contributed by atoms with Crippen LogP contribution in [-0.4, -0.2) is 6.61 Å². The lowest BCUT2D eigenvalue weighted by Gasteiger charge is -2.28. The van der Waals surface area contributed by atoms with Crippen LogP contribution < -0.4 is 11.5 Å². The first-order chi connectivity index (χ1) is 6.17. The summed E-state index contributed by atoms with van der Waals surface area (Å²) in [5.41, 5.74) is -2.22. The Kier molecular flexibility index (Phi) is 6.33. The van der Waals surface area contributed by atoms with E-state index in [-0.39, 0.29) is 6.15 Å². The second-order valence-electron chi connectivity index (χ2n) is 2.42. The molecule has 1 atom stereocenters. The fourth-order valence-electron chi connectivity index (χ4n) is 0.836. The molecule has 0 aromatic heterocycles. The normalized spacial score (nSPS) is 13.8. The van der Waals surface area contributed by atoms with E-state index in [0.717, 1.165) is 5.30 Å². The lowest BCUT2D eigenvalue weighted by molar-refractivity contribution is 0.417. The maximum Gasteiger partial charge on any atom is 0.0676 e. The van der Waals surface area contributed by atoms with Gasteiger partial charge >= 0.3 is 0 Å².